The summed E-state index contributed by atoms with van der Waals surface area (Å²) < 4.78 is 98.4. The Hall–Kier alpha value is -4.21. The number of imide groups is 1. The number of fused-ring (bicyclic) bond motifs is 2. The molecule has 232 valence electrons. The molecular weight excluding hydrogens is 595 g/mol. The van der Waals surface area contributed by atoms with E-state index in [9.17, 15) is 55.0 Å². The third-order valence-electron chi connectivity index (χ3n) is 7.43. The minimum absolute atomic E-state index is 0.0390. The Labute approximate surface area is 239 Å². The Morgan fingerprint density at radius 2 is 1.72 bits per heavy atom. The van der Waals surface area contributed by atoms with Crippen LogP contribution in [0, 0.1) is 5.82 Å². The van der Waals surface area contributed by atoms with E-state index in [-0.39, 0.29) is 36.6 Å². The SMILES string of the molecule is C[C@H](N(Cc1ccc(F)cc1)C(=O)CN1C(=O)O[C@@]2(CCc3cc(NC(=O)[C@@](C)(O)C(F)(F)F)ccc32)C1=O)C(F)(F)F. The Bertz CT molecular complexity index is 1460. The molecule has 9 nitrogen and oxygen atoms in total. The largest absolute Gasteiger partial charge is 0.427 e. The first-order valence-corrected chi connectivity index (χ1v) is 12.7. The van der Waals surface area contributed by atoms with Crippen molar-refractivity contribution >= 4 is 29.5 Å². The van der Waals surface area contributed by atoms with Gasteiger partial charge in [0.1, 0.15) is 18.4 Å². The molecule has 43 heavy (non-hydrogen) atoms. The predicted molar refractivity (Wildman–Crippen MR) is 132 cm³/mol. The zero-order valence-corrected chi connectivity index (χ0v) is 22.5. The van der Waals surface area contributed by atoms with Crippen molar-refractivity contribution in [2.45, 2.75) is 62.8 Å². The van der Waals surface area contributed by atoms with Crippen molar-refractivity contribution in [2.24, 2.45) is 0 Å². The van der Waals surface area contributed by atoms with E-state index in [1.54, 1.807) is 0 Å². The summed E-state index contributed by atoms with van der Waals surface area (Å²) in [6, 6.07) is 5.55. The van der Waals surface area contributed by atoms with E-state index in [1.807, 2.05) is 5.32 Å². The van der Waals surface area contributed by atoms with Gasteiger partial charge < -0.3 is 20.1 Å². The monoisotopic (exact) mass is 619 g/mol. The summed E-state index contributed by atoms with van der Waals surface area (Å²) in [7, 11) is 0. The molecule has 2 aromatic carbocycles. The molecule has 0 aromatic heterocycles. The highest BCUT2D eigenvalue weighted by atomic mass is 19.4. The van der Waals surface area contributed by atoms with E-state index in [4.69, 9.17) is 4.74 Å². The van der Waals surface area contributed by atoms with Crippen molar-refractivity contribution in [1.29, 1.82) is 0 Å². The minimum Gasteiger partial charge on any atom is -0.427 e. The van der Waals surface area contributed by atoms with Gasteiger partial charge in [-0.1, -0.05) is 18.2 Å². The highest BCUT2D eigenvalue weighted by Crippen LogP contribution is 2.46. The fourth-order valence-electron chi connectivity index (χ4n) is 4.74. The lowest BCUT2D eigenvalue weighted by Crippen LogP contribution is -2.52. The molecule has 1 aliphatic heterocycles. The first-order valence-electron chi connectivity index (χ1n) is 12.7. The third-order valence-corrected chi connectivity index (χ3v) is 7.43. The number of anilines is 1. The number of rotatable bonds is 7. The standard InChI is InChI=1S/C27H24F7N3O6/c1-14(26(29,30)31)36(12-15-3-5-17(28)6-4-15)20(38)13-37-22(40)25(43-23(37)41)10-9-16-11-18(7-8-19(16)25)35-21(39)24(2,42)27(32,33)34/h3-8,11,14,42H,9-10,12-13H2,1-2H3,(H,35,39)/t14-,24+,25+/m0/s1. The van der Waals surface area contributed by atoms with E-state index >= 15 is 0 Å². The normalized spacial score (nSPS) is 20.5. The minimum atomic E-state index is -5.27. The molecule has 2 N–H and O–H groups in total. The van der Waals surface area contributed by atoms with Crippen molar-refractivity contribution in [1.82, 2.24) is 9.80 Å². The highest BCUT2D eigenvalue weighted by molar-refractivity contribution is 6.06. The van der Waals surface area contributed by atoms with Gasteiger partial charge in [0.2, 0.25) is 17.1 Å². The van der Waals surface area contributed by atoms with E-state index in [0.29, 0.717) is 22.3 Å². The number of alkyl halides is 6. The topological polar surface area (TPSA) is 116 Å². The summed E-state index contributed by atoms with van der Waals surface area (Å²) >= 11 is 0. The van der Waals surface area contributed by atoms with Crippen molar-refractivity contribution in [3.63, 3.8) is 0 Å². The number of aryl methyl sites for hydroxylation is 1. The highest BCUT2D eigenvalue weighted by Gasteiger charge is 2.59. The molecule has 2 aromatic rings. The summed E-state index contributed by atoms with van der Waals surface area (Å²) in [5.41, 5.74) is -5.26. The number of nitrogens with one attached hydrogen (secondary N) is 1. The van der Waals surface area contributed by atoms with E-state index in [1.165, 1.54) is 24.3 Å². The van der Waals surface area contributed by atoms with Gasteiger partial charge in [0.15, 0.2) is 0 Å². The van der Waals surface area contributed by atoms with Gasteiger partial charge in [0.25, 0.3) is 11.8 Å². The number of hydrogen-bond acceptors (Lipinski definition) is 6. The molecule has 16 heteroatoms. The summed E-state index contributed by atoms with van der Waals surface area (Å²) in [6.07, 6.45) is -11.6. The van der Waals surface area contributed by atoms with Gasteiger partial charge in [-0.2, -0.15) is 26.3 Å². The maximum atomic E-state index is 13.6. The molecular formula is C27H24F7N3O6. The van der Waals surface area contributed by atoms with Crippen molar-refractivity contribution < 1.29 is 59.8 Å². The van der Waals surface area contributed by atoms with Gasteiger partial charge in [-0.05, 0) is 55.7 Å². The Kier molecular flexibility index (Phi) is 7.97. The van der Waals surface area contributed by atoms with Gasteiger partial charge in [-0.25, -0.2) is 14.1 Å². The van der Waals surface area contributed by atoms with E-state index in [2.05, 4.69) is 0 Å². The number of nitrogens with zero attached hydrogens (tertiary/aromatic N) is 2. The summed E-state index contributed by atoms with van der Waals surface area (Å²) in [4.78, 5) is 52.1. The van der Waals surface area contributed by atoms with Crippen LogP contribution in [0.3, 0.4) is 0 Å². The molecule has 1 aliphatic carbocycles. The lowest BCUT2D eigenvalue weighted by molar-refractivity contribution is -0.242. The second kappa shape index (κ2) is 10.8. The number of halogens is 7. The molecule has 0 bridgehead atoms. The molecule has 4 amide bonds. The number of benzene rings is 2. The molecule has 1 fully saturated rings. The molecule has 0 saturated carbocycles. The van der Waals surface area contributed by atoms with E-state index in [0.717, 1.165) is 18.2 Å². The van der Waals surface area contributed by atoms with Crippen LogP contribution in [0.1, 0.15) is 37.0 Å². The number of amides is 4. The van der Waals surface area contributed by atoms with E-state index < -0.39 is 72.3 Å². The van der Waals surface area contributed by atoms with Gasteiger partial charge in [0, 0.05) is 24.2 Å². The fraction of sp³-hybridized carbons (Fsp3) is 0.407. The smallest absolute Gasteiger partial charge is 0.426 e. The van der Waals surface area contributed by atoms with Crippen LogP contribution in [0.4, 0.5) is 41.2 Å². The molecule has 2 aliphatic rings. The number of carbonyl (C=O) groups excluding carboxylic acids is 4. The number of ether oxygens (including phenoxy) is 1. The Morgan fingerprint density at radius 3 is 2.30 bits per heavy atom. The molecule has 1 spiro atoms. The third kappa shape index (κ3) is 5.87. The maximum absolute atomic E-state index is 13.6. The number of hydrogen-bond donors (Lipinski definition) is 2. The molecule has 1 saturated heterocycles. The lowest BCUT2D eigenvalue weighted by Gasteiger charge is -2.31. The van der Waals surface area contributed by atoms with Crippen LogP contribution in [-0.4, -0.2) is 69.3 Å². The predicted octanol–water partition coefficient (Wildman–Crippen LogP) is 4.18. The molecule has 0 unspecified atom stereocenters. The number of carbonyl (C=O) groups is 4. The van der Waals surface area contributed by atoms with Crippen LogP contribution >= 0.6 is 0 Å². The fourth-order valence-corrected chi connectivity index (χ4v) is 4.74. The summed E-state index contributed by atoms with van der Waals surface area (Å²) in [5, 5.41) is 11.5. The zero-order valence-electron chi connectivity index (χ0n) is 22.5. The zero-order chi connectivity index (χ0) is 32.1. The van der Waals surface area contributed by atoms with Gasteiger partial charge in [-0.3, -0.25) is 14.4 Å². The van der Waals surface area contributed by atoms with Crippen molar-refractivity contribution in [2.75, 3.05) is 11.9 Å². The molecule has 0 radical (unpaired) electrons. The van der Waals surface area contributed by atoms with Crippen molar-refractivity contribution in [3.8, 4) is 0 Å². The average molecular weight is 619 g/mol. The van der Waals surface area contributed by atoms with Crippen LogP contribution in [0.25, 0.3) is 0 Å². The second-order valence-electron chi connectivity index (χ2n) is 10.3. The first-order chi connectivity index (χ1) is 19.8. The van der Waals surface area contributed by atoms with Gasteiger partial charge in [0.05, 0.1) is 0 Å². The Balaban J connectivity index is 1.55. The second-order valence-corrected chi connectivity index (χ2v) is 10.3. The molecule has 3 atom stereocenters. The van der Waals surface area contributed by atoms with Crippen LogP contribution in [0.2, 0.25) is 0 Å². The Morgan fingerprint density at radius 1 is 1.09 bits per heavy atom. The summed E-state index contributed by atoms with van der Waals surface area (Å²) in [6.45, 7) is -0.726. The molecule has 4 rings (SSSR count). The summed E-state index contributed by atoms with van der Waals surface area (Å²) in [5.74, 6) is -4.70. The van der Waals surface area contributed by atoms with Gasteiger partial charge >= 0.3 is 18.4 Å². The lowest BCUT2D eigenvalue weighted by atomic mass is 9.94. The number of aliphatic hydroxyl groups is 1. The van der Waals surface area contributed by atoms with Crippen LogP contribution < -0.4 is 5.32 Å². The van der Waals surface area contributed by atoms with Crippen LogP contribution in [0.15, 0.2) is 42.5 Å². The molecule has 1 heterocycles. The first kappa shape index (κ1) is 31.7. The van der Waals surface area contributed by atoms with Gasteiger partial charge in [-0.15, -0.1) is 0 Å². The van der Waals surface area contributed by atoms with Crippen LogP contribution in [0.5, 0.6) is 0 Å². The quantitative estimate of drug-likeness (QED) is 0.450. The maximum Gasteiger partial charge on any atom is 0.426 e. The van der Waals surface area contributed by atoms with Crippen molar-refractivity contribution in [3.05, 3.63) is 65.0 Å². The van der Waals surface area contributed by atoms with Crippen LogP contribution in [-0.2, 0) is 37.7 Å². The average Bonchev–Trinajstić information content (AvgIpc) is 3.38.